The van der Waals surface area contributed by atoms with E-state index in [0.29, 0.717) is 23.0 Å². The lowest BCUT2D eigenvalue weighted by Gasteiger charge is -2.16. The predicted molar refractivity (Wildman–Crippen MR) is 170 cm³/mol. The van der Waals surface area contributed by atoms with Gasteiger partial charge in [-0.1, -0.05) is 79.4 Å². The largest absolute Gasteiger partial charge is 0.263 e. The van der Waals surface area contributed by atoms with Crippen LogP contribution in [0.1, 0.15) is 5.56 Å². The van der Waals surface area contributed by atoms with Crippen LogP contribution in [0.4, 0.5) is 0 Å². The first-order valence-corrected chi connectivity index (χ1v) is 17.2. The lowest BCUT2D eigenvalue weighted by molar-refractivity contribution is 1.07. The van der Waals surface area contributed by atoms with Crippen molar-refractivity contribution in [1.29, 1.82) is 5.26 Å². The zero-order valence-corrected chi connectivity index (χ0v) is 24.7. The minimum absolute atomic E-state index is 0.517. The Morgan fingerprint density at radius 2 is 0.952 bits per heavy atom. The monoisotopic (exact) mass is 560 g/mol. The molecule has 7 heteroatoms. The minimum atomic E-state index is -1.37. The van der Waals surface area contributed by atoms with E-state index in [1.807, 2.05) is 67.1 Å². The molecule has 0 saturated carbocycles. The van der Waals surface area contributed by atoms with Crippen LogP contribution in [-0.4, -0.2) is 33.0 Å². The molecule has 3 aromatic carbocycles. The van der Waals surface area contributed by atoms with Crippen LogP contribution in [0.3, 0.4) is 0 Å². The fraction of sp³-hybridized carbons (Fsp3) is 0.0857. The van der Waals surface area contributed by atoms with Gasteiger partial charge in [0.1, 0.15) is 0 Å². The van der Waals surface area contributed by atoms with Gasteiger partial charge >= 0.3 is 0 Å². The zero-order valence-electron chi connectivity index (χ0n) is 23.7. The van der Waals surface area contributed by atoms with Crippen LogP contribution < -0.4 is 5.19 Å². The van der Waals surface area contributed by atoms with Crippen molar-refractivity contribution in [2.24, 2.45) is 0 Å². The molecule has 0 saturated heterocycles. The van der Waals surface area contributed by atoms with Crippen molar-refractivity contribution in [3.05, 3.63) is 121 Å². The molecule has 3 heterocycles. The van der Waals surface area contributed by atoms with Gasteiger partial charge in [0.15, 0.2) is 17.5 Å². The van der Waals surface area contributed by atoms with Gasteiger partial charge in [0.05, 0.1) is 19.7 Å². The van der Waals surface area contributed by atoms with Gasteiger partial charge in [0.2, 0.25) is 0 Å². The molecule has 0 fully saturated rings. The Morgan fingerprint density at radius 1 is 0.500 bits per heavy atom. The third-order valence-electron chi connectivity index (χ3n) is 7.09. The number of nitriles is 1. The van der Waals surface area contributed by atoms with Gasteiger partial charge in [-0.25, -0.2) is 15.0 Å². The first-order valence-electron chi connectivity index (χ1n) is 13.7. The minimum Gasteiger partial charge on any atom is -0.263 e. The molecule has 6 aromatic rings. The standard InChI is InChI=1S/C35H28N6Si/c1-42(2,3)32-15-13-25(14-16-32)28-17-29(21-37-20-28)30-18-31(23-38-22-30)35-40-33(26-7-5-4-6-8-26)39-34(41-35)27-11-9-24(19-36)10-12-27/h4-18,20-23H,1-3H3. The van der Waals surface area contributed by atoms with Crippen LogP contribution in [0.15, 0.2) is 116 Å². The van der Waals surface area contributed by atoms with E-state index in [1.165, 1.54) is 5.19 Å². The molecule has 0 bridgehead atoms. The molecule has 202 valence electrons. The molecule has 0 unspecified atom stereocenters. The van der Waals surface area contributed by atoms with Crippen LogP contribution in [0.2, 0.25) is 19.6 Å². The molecule has 0 N–H and O–H groups in total. The maximum Gasteiger partial charge on any atom is 0.165 e. The van der Waals surface area contributed by atoms with E-state index >= 15 is 0 Å². The van der Waals surface area contributed by atoms with E-state index in [1.54, 1.807) is 18.3 Å². The van der Waals surface area contributed by atoms with E-state index < -0.39 is 8.07 Å². The zero-order chi connectivity index (χ0) is 29.1. The maximum atomic E-state index is 9.23. The van der Waals surface area contributed by atoms with Crippen molar-refractivity contribution in [2.75, 3.05) is 0 Å². The lowest BCUT2D eigenvalue weighted by atomic mass is 10.0. The average molecular weight is 561 g/mol. The molecular formula is C35H28N6Si. The Hall–Kier alpha value is -5.32. The highest BCUT2D eigenvalue weighted by atomic mass is 28.3. The smallest absolute Gasteiger partial charge is 0.165 e. The second-order valence-corrected chi connectivity index (χ2v) is 16.2. The fourth-order valence-corrected chi connectivity index (χ4v) is 5.85. The van der Waals surface area contributed by atoms with Gasteiger partial charge in [-0.2, -0.15) is 5.26 Å². The van der Waals surface area contributed by atoms with E-state index in [9.17, 15) is 5.26 Å². The summed E-state index contributed by atoms with van der Waals surface area (Å²) in [6.45, 7) is 7.06. The summed E-state index contributed by atoms with van der Waals surface area (Å²) in [7, 11) is -1.37. The van der Waals surface area contributed by atoms with Crippen molar-refractivity contribution >= 4 is 13.3 Å². The fourth-order valence-electron chi connectivity index (χ4n) is 4.68. The third kappa shape index (κ3) is 5.75. The van der Waals surface area contributed by atoms with Crippen LogP contribution in [0.25, 0.3) is 56.4 Å². The summed E-state index contributed by atoms with van der Waals surface area (Å²) in [5, 5.41) is 10.7. The Kier molecular flexibility index (Phi) is 7.22. The number of pyridine rings is 2. The number of aromatic nitrogens is 5. The topological polar surface area (TPSA) is 88.2 Å². The highest BCUT2D eigenvalue weighted by molar-refractivity contribution is 6.88. The van der Waals surface area contributed by atoms with Crippen molar-refractivity contribution in [1.82, 2.24) is 24.9 Å². The Morgan fingerprint density at radius 3 is 1.50 bits per heavy atom. The number of hydrogen-bond donors (Lipinski definition) is 0. The highest BCUT2D eigenvalue weighted by Gasteiger charge is 2.16. The van der Waals surface area contributed by atoms with Crippen LogP contribution in [0, 0.1) is 11.3 Å². The molecule has 0 spiro atoms. The molecule has 6 rings (SSSR count). The van der Waals surface area contributed by atoms with Gasteiger partial charge in [-0.05, 0) is 42.0 Å². The van der Waals surface area contributed by atoms with E-state index in [0.717, 1.165) is 38.9 Å². The second kappa shape index (κ2) is 11.3. The summed E-state index contributed by atoms with van der Waals surface area (Å²) in [6, 6.07) is 32.3. The number of rotatable bonds is 6. The van der Waals surface area contributed by atoms with Gasteiger partial charge in [0, 0.05) is 58.2 Å². The molecule has 3 aromatic heterocycles. The SMILES string of the molecule is C[Si](C)(C)c1ccc(-c2cncc(-c3cncc(-c4nc(-c5ccccc5)nc(-c5ccc(C#N)cc5)n4)c3)c2)cc1. The Bertz CT molecular complexity index is 1910. The first-order chi connectivity index (χ1) is 20.4. The molecule has 0 aliphatic heterocycles. The van der Waals surface area contributed by atoms with Crippen molar-refractivity contribution in [3.8, 4) is 62.5 Å². The van der Waals surface area contributed by atoms with E-state index in [4.69, 9.17) is 15.0 Å². The van der Waals surface area contributed by atoms with Gasteiger partial charge < -0.3 is 0 Å². The van der Waals surface area contributed by atoms with Gasteiger partial charge in [-0.15, -0.1) is 0 Å². The van der Waals surface area contributed by atoms with E-state index in [2.05, 4.69) is 66.0 Å². The maximum absolute atomic E-state index is 9.23. The highest BCUT2D eigenvalue weighted by Crippen LogP contribution is 2.29. The molecular weight excluding hydrogens is 533 g/mol. The Balaban J connectivity index is 1.40. The quantitative estimate of drug-likeness (QED) is 0.197. The summed E-state index contributed by atoms with van der Waals surface area (Å²) in [6.07, 6.45) is 7.35. The predicted octanol–water partition coefficient (Wildman–Crippen LogP) is 7.41. The molecule has 0 aliphatic carbocycles. The molecule has 0 aliphatic rings. The Labute approximate surface area is 246 Å². The van der Waals surface area contributed by atoms with Crippen molar-refractivity contribution < 1.29 is 0 Å². The first kappa shape index (κ1) is 26.9. The van der Waals surface area contributed by atoms with Crippen LogP contribution in [-0.2, 0) is 0 Å². The average Bonchev–Trinajstić information content (AvgIpc) is 3.05. The molecule has 0 amide bonds. The summed E-state index contributed by atoms with van der Waals surface area (Å²) in [5.41, 5.74) is 7.10. The molecule has 6 nitrogen and oxygen atoms in total. The summed E-state index contributed by atoms with van der Waals surface area (Å²) >= 11 is 0. The summed E-state index contributed by atoms with van der Waals surface area (Å²) < 4.78 is 0. The number of nitrogens with zero attached hydrogens (tertiary/aromatic N) is 6. The number of benzene rings is 3. The van der Waals surface area contributed by atoms with E-state index in [-0.39, 0.29) is 0 Å². The van der Waals surface area contributed by atoms with Crippen LogP contribution >= 0.6 is 0 Å². The van der Waals surface area contributed by atoms with Gasteiger partial charge in [0.25, 0.3) is 0 Å². The third-order valence-corrected chi connectivity index (χ3v) is 9.16. The summed E-state index contributed by atoms with van der Waals surface area (Å²) in [5.74, 6) is 1.61. The van der Waals surface area contributed by atoms with Crippen LogP contribution in [0.5, 0.6) is 0 Å². The number of hydrogen-bond acceptors (Lipinski definition) is 6. The van der Waals surface area contributed by atoms with Crippen molar-refractivity contribution in [3.63, 3.8) is 0 Å². The molecule has 0 atom stereocenters. The lowest BCUT2D eigenvalue weighted by Crippen LogP contribution is -2.37. The normalized spacial score (nSPS) is 11.2. The van der Waals surface area contributed by atoms with Gasteiger partial charge in [-0.3, -0.25) is 9.97 Å². The molecule has 42 heavy (non-hydrogen) atoms. The van der Waals surface area contributed by atoms with Crippen molar-refractivity contribution in [2.45, 2.75) is 19.6 Å². The second-order valence-electron chi connectivity index (χ2n) is 11.1. The summed E-state index contributed by atoms with van der Waals surface area (Å²) in [4.78, 5) is 23.5. The molecule has 0 radical (unpaired) electrons.